The maximum atomic E-state index is 12.9. The lowest BCUT2D eigenvalue weighted by Crippen LogP contribution is -2.16. The van der Waals surface area contributed by atoms with E-state index in [1.54, 1.807) is 12.1 Å². The van der Waals surface area contributed by atoms with Crippen LogP contribution < -0.4 is 4.80 Å². The minimum Gasteiger partial charge on any atom is -0.317 e. The molecule has 1 aromatic heterocycles. The van der Waals surface area contributed by atoms with E-state index in [2.05, 4.69) is 4.99 Å². The second kappa shape index (κ2) is 6.64. The van der Waals surface area contributed by atoms with Crippen LogP contribution >= 0.6 is 22.9 Å². The first-order valence-corrected chi connectivity index (χ1v) is 8.37. The van der Waals surface area contributed by atoms with Crippen LogP contribution in [0, 0.1) is 5.82 Å². The summed E-state index contributed by atoms with van der Waals surface area (Å²) in [5.41, 5.74) is 1.75. The van der Waals surface area contributed by atoms with Crippen molar-refractivity contribution in [2.75, 3.05) is 0 Å². The molecule has 1 amide bonds. The van der Waals surface area contributed by atoms with Crippen LogP contribution in [-0.4, -0.2) is 10.5 Å². The van der Waals surface area contributed by atoms with Crippen molar-refractivity contribution >= 4 is 39.1 Å². The molecule has 3 rings (SSSR count). The standard InChI is InChI=1S/C17H14ClFN2OS/c1-2-21-14-8-5-12(18)10-15(14)23-17(21)20-16(22)9-11-3-6-13(19)7-4-11/h3-8,10H,2,9H2,1H3. The van der Waals surface area contributed by atoms with Crippen molar-refractivity contribution in [3.63, 3.8) is 0 Å². The molecule has 0 saturated heterocycles. The zero-order valence-electron chi connectivity index (χ0n) is 12.4. The maximum absolute atomic E-state index is 12.9. The summed E-state index contributed by atoms with van der Waals surface area (Å²) >= 11 is 7.45. The fraction of sp³-hybridized carbons (Fsp3) is 0.176. The van der Waals surface area contributed by atoms with Gasteiger partial charge < -0.3 is 4.57 Å². The van der Waals surface area contributed by atoms with Gasteiger partial charge in [0.1, 0.15) is 5.82 Å². The predicted octanol–water partition coefficient (Wildman–Crippen LogP) is 4.19. The Kier molecular flexibility index (Phi) is 4.59. The molecule has 23 heavy (non-hydrogen) atoms. The fourth-order valence-electron chi connectivity index (χ4n) is 2.36. The number of hydrogen-bond acceptors (Lipinski definition) is 2. The van der Waals surface area contributed by atoms with E-state index in [0.717, 1.165) is 15.8 Å². The van der Waals surface area contributed by atoms with Gasteiger partial charge in [0.2, 0.25) is 0 Å². The number of amides is 1. The van der Waals surface area contributed by atoms with Crippen molar-refractivity contribution < 1.29 is 9.18 Å². The Balaban J connectivity index is 1.96. The molecule has 0 N–H and O–H groups in total. The van der Waals surface area contributed by atoms with Gasteiger partial charge in [-0.05, 0) is 42.8 Å². The summed E-state index contributed by atoms with van der Waals surface area (Å²) in [7, 11) is 0. The smallest absolute Gasteiger partial charge is 0.252 e. The van der Waals surface area contributed by atoms with Crippen molar-refractivity contribution in [1.82, 2.24) is 4.57 Å². The lowest BCUT2D eigenvalue weighted by Gasteiger charge is -2.00. The first-order valence-electron chi connectivity index (χ1n) is 7.17. The van der Waals surface area contributed by atoms with Gasteiger partial charge in [-0.1, -0.05) is 35.1 Å². The zero-order chi connectivity index (χ0) is 16.4. The van der Waals surface area contributed by atoms with Crippen molar-refractivity contribution in [3.05, 3.63) is 63.7 Å². The maximum Gasteiger partial charge on any atom is 0.252 e. The van der Waals surface area contributed by atoms with E-state index < -0.39 is 0 Å². The van der Waals surface area contributed by atoms with Crippen LogP contribution in [0.1, 0.15) is 12.5 Å². The topological polar surface area (TPSA) is 34.4 Å². The molecule has 0 radical (unpaired) electrons. The fourth-order valence-corrected chi connectivity index (χ4v) is 3.75. The largest absolute Gasteiger partial charge is 0.317 e. The second-order valence-electron chi connectivity index (χ2n) is 5.05. The van der Waals surface area contributed by atoms with E-state index >= 15 is 0 Å². The molecule has 1 heterocycles. The van der Waals surface area contributed by atoms with Gasteiger partial charge in [0.05, 0.1) is 16.6 Å². The average Bonchev–Trinajstić information content (AvgIpc) is 2.85. The van der Waals surface area contributed by atoms with Gasteiger partial charge in [0.25, 0.3) is 5.91 Å². The molecule has 0 saturated carbocycles. The second-order valence-corrected chi connectivity index (χ2v) is 6.50. The Hall–Kier alpha value is -1.98. The molecule has 0 aliphatic heterocycles. The Morgan fingerprint density at radius 2 is 2.00 bits per heavy atom. The van der Waals surface area contributed by atoms with E-state index in [1.165, 1.54) is 23.5 Å². The molecular formula is C17H14ClFN2OS. The van der Waals surface area contributed by atoms with Gasteiger partial charge in [-0.2, -0.15) is 4.99 Å². The minimum absolute atomic E-state index is 0.152. The molecular weight excluding hydrogens is 335 g/mol. The lowest BCUT2D eigenvalue weighted by atomic mass is 10.1. The first-order chi connectivity index (χ1) is 11.1. The SMILES string of the molecule is CCn1c(=NC(=O)Cc2ccc(F)cc2)sc2cc(Cl)ccc21. The number of carbonyl (C=O) groups is 1. The Labute approximate surface area is 141 Å². The Morgan fingerprint density at radius 1 is 1.26 bits per heavy atom. The third-order valence-electron chi connectivity index (χ3n) is 3.45. The summed E-state index contributed by atoms with van der Waals surface area (Å²) in [6, 6.07) is 11.5. The lowest BCUT2D eigenvalue weighted by molar-refractivity contribution is -0.117. The molecule has 0 spiro atoms. The highest BCUT2D eigenvalue weighted by Gasteiger charge is 2.08. The molecule has 3 aromatic rings. The Morgan fingerprint density at radius 3 is 2.70 bits per heavy atom. The van der Waals surface area contributed by atoms with E-state index in [1.807, 2.05) is 29.7 Å². The van der Waals surface area contributed by atoms with Gasteiger partial charge in [-0.15, -0.1) is 0 Å². The summed E-state index contributed by atoms with van der Waals surface area (Å²) in [5.74, 6) is -0.570. The number of rotatable bonds is 3. The van der Waals surface area contributed by atoms with Gasteiger partial charge in [0, 0.05) is 11.6 Å². The van der Waals surface area contributed by atoms with Crippen molar-refractivity contribution in [1.29, 1.82) is 0 Å². The molecule has 6 heteroatoms. The molecule has 0 aliphatic carbocycles. The third kappa shape index (κ3) is 3.51. The minimum atomic E-state index is -0.316. The molecule has 2 aromatic carbocycles. The van der Waals surface area contributed by atoms with Gasteiger partial charge in [-0.25, -0.2) is 4.39 Å². The molecule has 0 unspecified atom stereocenters. The number of fused-ring (bicyclic) bond motifs is 1. The van der Waals surface area contributed by atoms with E-state index in [-0.39, 0.29) is 18.1 Å². The number of aromatic nitrogens is 1. The van der Waals surface area contributed by atoms with Crippen LogP contribution in [0.4, 0.5) is 4.39 Å². The molecule has 0 fully saturated rings. The van der Waals surface area contributed by atoms with E-state index in [4.69, 9.17) is 11.6 Å². The highest BCUT2D eigenvalue weighted by atomic mass is 35.5. The monoisotopic (exact) mass is 348 g/mol. The molecule has 0 bridgehead atoms. The van der Waals surface area contributed by atoms with Crippen LogP contribution in [-0.2, 0) is 17.8 Å². The quantitative estimate of drug-likeness (QED) is 0.699. The van der Waals surface area contributed by atoms with Gasteiger partial charge in [-0.3, -0.25) is 4.79 Å². The summed E-state index contributed by atoms with van der Waals surface area (Å²) < 4.78 is 15.9. The number of halogens is 2. The Bertz CT molecular complexity index is 928. The van der Waals surface area contributed by atoms with Crippen LogP contribution in [0.3, 0.4) is 0 Å². The van der Waals surface area contributed by atoms with E-state index in [0.29, 0.717) is 16.4 Å². The number of benzene rings is 2. The van der Waals surface area contributed by atoms with Crippen LogP contribution in [0.15, 0.2) is 47.5 Å². The number of aryl methyl sites for hydroxylation is 1. The molecule has 3 nitrogen and oxygen atoms in total. The first kappa shape index (κ1) is 15.9. The van der Waals surface area contributed by atoms with E-state index in [9.17, 15) is 9.18 Å². The zero-order valence-corrected chi connectivity index (χ0v) is 14.0. The summed E-state index contributed by atoms with van der Waals surface area (Å²) in [6.45, 7) is 2.72. The summed E-state index contributed by atoms with van der Waals surface area (Å²) in [6.07, 6.45) is 0.152. The normalized spacial score (nSPS) is 12.0. The summed E-state index contributed by atoms with van der Waals surface area (Å²) in [5, 5.41) is 0.659. The van der Waals surface area contributed by atoms with Crippen molar-refractivity contribution in [3.8, 4) is 0 Å². The highest BCUT2D eigenvalue weighted by molar-refractivity contribution is 7.16. The van der Waals surface area contributed by atoms with Gasteiger partial charge in [0.15, 0.2) is 4.80 Å². The summed E-state index contributed by atoms with van der Waals surface area (Å²) in [4.78, 5) is 17.1. The average molecular weight is 349 g/mol. The van der Waals surface area contributed by atoms with Crippen molar-refractivity contribution in [2.45, 2.75) is 19.9 Å². The van der Waals surface area contributed by atoms with Crippen LogP contribution in [0.25, 0.3) is 10.2 Å². The molecule has 0 aliphatic rings. The number of carbonyl (C=O) groups excluding carboxylic acids is 1. The van der Waals surface area contributed by atoms with Crippen LogP contribution in [0.5, 0.6) is 0 Å². The molecule has 118 valence electrons. The van der Waals surface area contributed by atoms with Gasteiger partial charge >= 0.3 is 0 Å². The molecule has 0 atom stereocenters. The number of thiazole rings is 1. The van der Waals surface area contributed by atoms with Crippen molar-refractivity contribution in [2.24, 2.45) is 4.99 Å². The highest BCUT2D eigenvalue weighted by Crippen LogP contribution is 2.21. The predicted molar refractivity (Wildman–Crippen MR) is 91.2 cm³/mol. The number of hydrogen-bond donors (Lipinski definition) is 0. The van der Waals surface area contributed by atoms with Crippen LogP contribution in [0.2, 0.25) is 5.02 Å². The third-order valence-corrected chi connectivity index (χ3v) is 4.73. The number of nitrogens with zero attached hydrogens (tertiary/aromatic N) is 2.